The van der Waals surface area contributed by atoms with Crippen molar-refractivity contribution >= 4 is 5.88 Å². The van der Waals surface area contributed by atoms with Gasteiger partial charge in [-0.2, -0.15) is 0 Å². The highest BCUT2D eigenvalue weighted by atomic mass is 16.5. The first-order chi connectivity index (χ1) is 4.83. The van der Waals surface area contributed by atoms with Crippen LogP contribution in [-0.4, -0.2) is 13.8 Å². The third-order valence-corrected chi connectivity index (χ3v) is 1.13. The first kappa shape index (κ1) is 7.15. The Morgan fingerprint density at radius 2 is 2.40 bits per heavy atom. The molecule has 1 aromatic heterocycles. The summed E-state index contributed by atoms with van der Waals surface area (Å²) >= 11 is 0. The summed E-state index contributed by atoms with van der Waals surface area (Å²) in [6.07, 6.45) is 0. The number of hydrogen-bond acceptors (Lipinski definition) is 3. The number of rotatable bonds is 3. The van der Waals surface area contributed by atoms with Crippen LogP contribution in [-0.2, 0) is 4.74 Å². The fourth-order valence-corrected chi connectivity index (χ4v) is 0.673. The van der Waals surface area contributed by atoms with Crippen molar-refractivity contribution in [3.05, 3.63) is 17.9 Å². The fourth-order valence-electron chi connectivity index (χ4n) is 0.673. The standard InChI is InChI=1S/C7H11NO2/c1-6-3-4-7(10-6)8-5-9-2/h3-4,8H,5H2,1-2H3. The van der Waals surface area contributed by atoms with Crippen LogP contribution >= 0.6 is 0 Å². The van der Waals surface area contributed by atoms with E-state index in [-0.39, 0.29) is 0 Å². The lowest BCUT2D eigenvalue weighted by Gasteiger charge is -1.98. The summed E-state index contributed by atoms with van der Waals surface area (Å²) in [5, 5.41) is 2.93. The van der Waals surface area contributed by atoms with Crippen LogP contribution in [0.5, 0.6) is 0 Å². The summed E-state index contributed by atoms with van der Waals surface area (Å²) in [6.45, 7) is 2.38. The topological polar surface area (TPSA) is 34.4 Å². The average molecular weight is 141 g/mol. The highest BCUT2D eigenvalue weighted by Gasteiger charge is 1.93. The van der Waals surface area contributed by atoms with Crippen molar-refractivity contribution in [1.82, 2.24) is 0 Å². The Balaban J connectivity index is 2.42. The van der Waals surface area contributed by atoms with Crippen LogP contribution in [0.25, 0.3) is 0 Å². The first-order valence-electron chi connectivity index (χ1n) is 3.12. The van der Waals surface area contributed by atoms with E-state index >= 15 is 0 Å². The van der Waals surface area contributed by atoms with E-state index in [0.717, 1.165) is 11.6 Å². The van der Waals surface area contributed by atoms with Crippen molar-refractivity contribution in [1.29, 1.82) is 0 Å². The summed E-state index contributed by atoms with van der Waals surface area (Å²) < 4.78 is 9.98. The molecule has 1 rings (SSSR count). The van der Waals surface area contributed by atoms with Crippen molar-refractivity contribution in [3.63, 3.8) is 0 Å². The maximum Gasteiger partial charge on any atom is 0.194 e. The van der Waals surface area contributed by atoms with Crippen LogP contribution in [0, 0.1) is 6.92 Å². The summed E-state index contributed by atoms with van der Waals surface area (Å²) in [7, 11) is 1.63. The molecule has 0 amide bonds. The molecule has 1 N–H and O–H groups in total. The van der Waals surface area contributed by atoms with E-state index in [1.165, 1.54) is 0 Å². The molecule has 0 fully saturated rings. The monoisotopic (exact) mass is 141 g/mol. The molecule has 3 heteroatoms. The second-order valence-corrected chi connectivity index (χ2v) is 2.02. The van der Waals surface area contributed by atoms with Gasteiger partial charge in [-0.3, -0.25) is 0 Å². The number of furan rings is 1. The van der Waals surface area contributed by atoms with Crippen molar-refractivity contribution < 1.29 is 9.15 Å². The van der Waals surface area contributed by atoms with Gasteiger partial charge in [-0.05, 0) is 13.0 Å². The maximum absolute atomic E-state index is 5.19. The quantitative estimate of drug-likeness (QED) is 0.649. The van der Waals surface area contributed by atoms with Crippen LogP contribution in [0.2, 0.25) is 0 Å². The summed E-state index contributed by atoms with van der Waals surface area (Å²) in [6, 6.07) is 3.77. The van der Waals surface area contributed by atoms with Crippen molar-refractivity contribution in [2.24, 2.45) is 0 Å². The molecule has 0 atom stereocenters. The first-order valence-corrected chi connectivity index (χ1v) is 3.12. The van der Waals surface area contributed by atoms with Crippen LogP contribution in [0.3, 0.4) is 0 Å². The Morgan fingerprint density at radius 3 is 2.90 bits per heavy atom. The summed E-state index contributed by atoms with van der Waals surface area (Å²) in [5.74, 6) is 1.65. The van der Waals surface area contributed by atoms with Gasteiger partial charge in [0.1, 0.15) is 12.5 Å². The van der Waals surface area contributed by atoms with Gasteiger partial charge in [0.2, 0.25) is 0 Å². The Morgan fingerprint density at radius 1 is 1.60 bits per heavy atom. The van der Waals surface area contributed by atoms with Gasteiger partial charge >= 0.3 is 0 Å². The predicted octanol–water partition coefficient (Wildman–Crippen LogP) is 1.60. The smallest absolute Gasteiger partial charge is 0.194 e. The minimum Gasteiger partial charge on any atom is -0.446 e. The zero-order chi connectivity index (χ0) is 7.40. The molecule has 1 aromatic rings. The summed E-state index contributed by atoms with van der Waals surface area (Å²) in [4.78, 5) is 0. The van der Waals surface area contributed by atoms with Crippen LogP contribution in [0.15, 0.2) is 16.5 Å². The molecule has 0 radical (unpaired) electrons. The number of hydrogen-bond donors (Lipinski definition) is 1. The Kier molecular flexibility index (Phi) is 2.34. The molecular formula is C7H11NO2. The second kappa shape index (κ2) is 3.27. The lowest BCUT2D eigenvalue weighted by Crippen LogP contribution is -2.01. The van der Waals surface area contributed by atoms with Crippen LogP contribution < -0.4 is 5.32 Å². The normalized spacial score (nSPS) is 9.80. The molecule has 10 heavy (non-hydrogen) atoms. The molecular weight excluding hydrogens is 130 g/mol. The third kappa shape index (κ3) is 1.77. The Hall–Kier alpha value is -0.960. The van der Waals surface area contributed by atoms with E-state index in [1.54, 1.807) is 7.11 Å². The molecule has 1 heterocycles. The Labute approximate surface area is 60.0 Å². The second-order valence-electron chi connectivity index (χ2n) is 2.02. The van der Waals surface area contributed by atoms with Crippen LogP contribution in [0.1, 0.15) is 5.76 Å². The molecule has 56 valence electrons. The highest BCUT2D eigenvalue weighted by molar-refractivity contribution is 5.30. The zero-order valence-corrected chi connectivity index (χ0v) is 6.18. The van der Waals surface area contributed by atoms with Gasteiger partial charge in [0.15, 0.2) is 5.88 Å². The molecule has 0 unspecified atom stereocenters. The largest absolute Gasteiger partial charge is 0.446 e. The number of ether oxygens (including phenoxy) is 1. The molecule has 0 aliphatic heterocycles. The van der Waals surface area contributed by atoms with E-state index in [2.05, 4.69) is 5.32 Å². The molecule has 0 aromatic carbocycles. The van der Waals surface area contributed by atoms with Gasteiger partial charge in [0, 0.05) is 13.2 Å². The SMILES string of the molecule is COCNc1ccc(C)o1. The van der Waals surface area contributed by atoms with Gasteiger partial charge < -0.3 is 14.5 Å². The fraction of sp³-hybridized carbons (Fsp3) is 0.429. The van der Waals surface area contributed by atoms with Crippen molar-refractivity contribution in [3.8, 4) is 0 Å². The zero-order valence-electron chi connectivity index (χ0n) is 6.18. The van der Waals surface area contributed by atoms with E-state index < -0.39 is 0 Å². The minimum absolute atomic E-state index is 0.479. The number of methoxy groups -OCH3 is 1. The van der Waals surface area contributed by atoms with Gasteiger partial charge in [-0.1, -0.05) is 0 Å². The van der Waals surface area contributed by atoms with Gasteiger partial charge in [-0.25, -0.2) is 0 Å². The van der Waals surface area contributed by atoms with Gasteiger partial charge in [0.05, 0.1) is 0 Å². The van der Waals surface area contributed by atoms with E-state index in [4.69, 9.17) is 9.15 Å². The molecule has 0 bridgehead atoms. The van der Waals surface area contributed by atoms with E-state index in [9.17, 15) is 0 Å². The van der Waals surface area contributed by atoms with Gasteiger partial charge in [0.25, 0.3) is 0 Å². The number of aryl methyl sites for hydroxylation is 1. The molecule has 0 aliphatic rings. The molecule has 0 spiro atoms. The van der Waals surface area contributed by atoms with Gasteiger partial charge in [-0.15, -0.1) is 0 Å². The number of nitrogens with one attached hydrogen (secondary N) is 1. The van der Waals surface area contributed by atoms with Crippen molar-refractivity contribution in [2.45, 2.75) is 6.92 Å². The maximum atomic E-state index is 5.19. The Bertz CT molecular complexity index is 195. The summed E-state index contributed by atoms with van der Waals surface area (Å²) in [5.41, 5.74) is 0. The van der Waals surface area contributed by atoms with E-state index in [1.807, 2.05) is 19.1 Å². The third-order valence-electron chi connectivity index (χ3n) is 1.13. The number of anilines is 1. The van der Waals surface area contributed by atoms with E-state index in [0.29, 0.717) is 6.73 Å². The molecule has 0 saturated heterocycles. The predicted molar refractivity (Wildman–Crippen MR) is 38.9 cm³/mol. The molecule has 0 saturated carbocycles. The lowest BCUT2D eigenvalue weighted by molar-refractivity contribution is 0.219. The molecule has 0 aliphatic carbocycles. The van der Waals surface area contributed by atoms with Crippen molar-refractivity contribution in [2.75, 3.05) is 19.2 Å². The lowest BCUT2D eigenvalue weighted by atomic mass is 10.5. The highest BCUT2D eigenvalue weighted by Crippen LogP contribution is 2.10. The average Bonchev–Trinajstić information content (AvgIpc) is 2.31. The van der Waals surface area contributed by atoms with Crippen LogP contribution in [0.4, 0.5) is 5.88 Å². The molecule has 3 nitrogen and oxygen atoms in total. The minimum atomic E-state index is 0.479.